The van der Waals surface area contributed by atoms with Crippen molar-refractivity contribution < 1.29 is 18.0 Å². The van der Waals surface area contributed by atoms with E-state index in [1.165, 1.54) is 0 Å². The normalized spacial score (nSPS) is 13.6. The van der Waals surface area contributed by atoms with Gasteiger partial charge in [0.15, 0.2) is 0 Å². The summed E-state index contributed by atoms with van der Waals surface area (Å²) in [6.07, 6.45) is -4.95. The van der Waals surface area contributed by atoms with Crippen molar-refractivity contribution in [3.63, 3.8) is 0 Å². The number of Topliss-reactive ketones (excluding diaryl/α,β-unsaturated/α-hetero) is 1. The van der Waals surface area contributed by atoms with Crippen LogP contribution in [-0.2, 0) is 11.2 Å². The van der Waals surface area contributed by atoms with Gasteiger partial charge in [0, 0.05) is 0 Å². The summed E-state index contributed by atoms with van der Waals surface area (Å²) in [5.74, 6) is -1.88. The van der Waals surface area contributed by atoms with Crippen LogP contribution >= 0.6 is 0 Å². The molecule has 0 saturated carbocycles. The lowest BCUT2D eigenvalue weighted by molar-refractivity contribution is -0.172. The highest BCUT2D eigenvalue weighted by Crippen LogP contribution is 2.18. The fraction of sp³-hybridized carbons (Fsp3) is 0.300. The van der Waals surface area contributed by atoms with Crippen LogP contribution in [0.15, 0.2) is 30.3 Å². The topological polar surface area (TPSA) is 43.1 Å². The molecule has 0 saturated heterocycles. The fourth-order valence-corrected chi connectivity index (χ4v) is 1.17. The maximum atomic E-state index is 12.0. The molecule has 0 spiro atoms. The Bertz CT molecular complexity index is 334. The highest BCUT2D eigenvalue weighted by Gasteiger charge is 2.41. The van der Waals surface area contributed by atoms with E-state index in [9.17, 15) is 18.0 Å². The summed E-state index contributed by atoms with van der Waals surface area (Å²) in [7, 11) is 0. The minimum atomic E-state index is -4.85. The first-order valence-electron chi connectivity index (χ1n) is 4.32. The van der Waals surface area contributed by atoms with Gasteiger partial charge in [-0.2, -0.15) is 13.2 Å². The third-order valence-corrected chi connectivity index (χ3v) is 1.91. The second-order valence-electron chi connectivity index (χ2n) is 3.16. The zero-order chi connectivity index (χ0) is 11.5. The lowest BCUT2D eigenvalue weighted by atomic mass is 10.0. The van der Waals surface area contributed by atoms with Gasteiger partial charge in [-0.1, -0.05) is 30.3 Å². The van der Waals surface area contributed by atoms with Crippen molar-refractivity contribution in [2.45, 2.75) is 18.6 Å². The lowest BCUT2D eigenvalue weighted by Crippen LogP contribution is -2.41. The predicted molar refractivity (Wildman–Crippen MR) is 49.2 cm³/mol. The number of hydrogen-bond acceptors (Lipinski definition) is 2. The molecule has 0 aliphatic carbocycles. The van der Waals surface area contributed by atoms with Gasteiger partial charge in [-0.15, -0.1) is 0 Å². The van der Waals surface area contributed by atoms with E-state index >= 15 is 0 Å². The van der Waals surface area contributed by atoms with Crippen molar-refractivity contribution in [1.29, 1.82) is 0 Å². The number of ketones is 1. The van der Waals surface area contributed by atoms with Crippen molar-refractivity contribution in [1.82, 2.24) is 0 Å². The molecule has 15 heavy (non-hydrogen) atoms. The molecule has 1 atom stereocenters. The molecular weight excluding hydrogens is 207 g/mol. The summed E-state index contributed by atoms with van der Waals surface area (Å²) in [6.45, 7) is 0. The molecule has 0 unspecified atom stereocenters. The highest BCUT2D eigenvalue weighted by atomic mass is 19.4. The Morgan fingerprint density at radius 2 is 1.80 bits per heavy atom. The Balaban J connectivity index is 2.65. The predicted octanol–water partition coefficient (Wildman–Crippen LogP) is 1.69. The molecule has 2 N–H and O–H groups in total. The van der Waals surface area contributed by atoms with Crippen LogP contribution in [0.25, 0.3) is 0 Å². The first-order valence-corrected chi connectivity index (χ1v) is 4.32. The maximum absolute atomic E-state index is 12.0. The van der Waals surface area contributed by atoms with E-state index in [-0.39, 0.29) is 6.42 Å². The van der Waals surface area contributed by atoms with Gasteiger partial charge in [0.05, 0.1) is 6.04 Å². The number of nitrogens with two attached hydrogens (primary N) is 1. The maximum Gasteiger partial charge on any atom is 0.451 e. The van der Waals surface area contributed by atoms with Crippen molar-refractivity contribution in [2.24, 2.45) is 5.73 Å². The summed E-state index contributed by atoms with van der Waals surface area (Å²) < 4.78 is 35.9. The monoisotopic (exact) mass is 217 g/mol. The second kappa shape index (κ2) is 4.44. The van der Waals surface area contributed by atoms with E-state index in [1.54, 1.807) is 30.3 Å². The van der Waals surface area contributed by atoms with Gasteiger partial charge >= 0.3 is 6.18 Å². The molecule has 1 rings (SSSR count). The number of carbonyl (C=O) groups is 1. The molecule has 1 aromatic carbocycles. The first-order chi connectivity index (χ1) is 6.91. The van der Waals surface area contributed by atoms with Crippen molar-refractivity contribution in [3.05, 3.63) is 35.9 Å². The van der Waals surface area contributed by atoms with E-state index in [0.29, 0.717) is 5.56 Å². The molecule has 0 bridgehead atoms. The van der Waals surface area contributed by atoms with E-state index < -0.39 is 18.0 Å². The Morgan fingerprint density at radius 1 is 1.27 bits per heavy atom. The van der Waals surface area contributed by atoms with Crippen molar-refractivity contribution in [3.8, 4) is 0 Å². The van der Waals surface area contributed by atoms with Gasteiger partial charge in [-0.25, -0.2) is 0 Å². The third kappa shape index (κ3) is 3.36. The molecule has 5 heteroatoms. The minimum Gasteiger partial charge on any atom is -0.321 e. The Morgan fingerprint density at radius 3 is 2.27 bits per heavy atom. The van der Waals surface area contributed by atoms with Crippen molar-refractivity contribution in [2.75, 3.05) is 0 Å². The van der Waals surface area contributed by atoms with Gasteiger partial charge in [0.2, 0.25) is 0 Å². The van der Waals surface area contributed by atoms with Gasteiger partial charge in [-0.3, -0.25) is 4.79 Å². The third-order valence-electron chi connectivity index (χ3n) is 1.91. The average Bonchev–Trinajstić information content (AvgIpc) is 2.16. The molecule has 0 fully saturated rings. The van der Waals surface area contributed by atoms with Gasteiger partial charge in [0.25, 0.3) is 5.78 Å². The highest BCUT2D eigenvalue weighted by molar-refractivity contribution is 5.89. The molecule has 0 aliphatic heterocycles. The Labute approximate surface area is 84.9 Å². The van der Waals surface area contributed by atoms with Crippen LogP contribution in [0.3, 0.4) is 0 Å². The summed E-state index contributed by atoms with van der Waals surface area (Å²) in [5.41, 5.74) is 5.78. The molecule has 82 valence electrons. The van der Waals surface area contributed by atoms with E-state index in [2.05, 4.69) is 0 Å². The number of carbonyl (C=O) groups excluding carboxylic acids is 1. The molecule has 1 aromatic rings. The first kappa shape index (κ1) is 11.7. The molecule has 0 amide bonds. The van der Waals surface area contributed by atoms with Crippen molar-refractivity contribution >= 4 is 5.78 Å². The molecule has 2 nitrogen and oxygen atoms in total. The Hall–Kier alpha value is -1.36. The summed E-state index contributed by atoms with van der Waals surface area (Å²) in [6, 6.07) is 6.83. The van der Waals surface area contributed by atoms with Crippen LogP contribution in [0.5, 0.6) is 0 Å². The minimum absolute atomic E-state index is 0.0980. The number of benzene rings is 1. The molecular formula is C10H10F3NO. The average molecular weight is 217 g/mol. The van der Waals surface area contributed by atoms with Crippen LogP contribution in [0.1, 0.15) is 5.56 Å². The summed E-state index contributed by atoms with van der Waals surface area (Å²) in [5, 5.41) is 0. The number of hydrogen-bond donors (Lipinski definition) is 1. The molecule has 0 radical (unpaired) electrons. The lowest BCUT2D eigenvalue weighted by Gasteiger charge is -2.12. The van der Waals surface area contributed by atoms with E-state index in [4.69, 9.17) is 5.73 Å². The SMILES string of the molecule is N[C@@H](Cc1ccccc1)C(=O)C(F)(F)F. The Kier molecular flexibility index (Phi) is 3.47. The van der Waals surface area contributed by atoms with E-state index in [1.807, 2.05) is 0 Å². The zero-order valence-electron chi connectivity index (χ0n) is 7.79. The van der Waals surface area contributed by atoms with Gasteiger partial charge in [-0.05, 0) is 12.0 Å². The van der Waals surface area contributed by atoms with Crippen LogP contribution in [0, 0.1) is 0 Å². The number of rotatable bonds is 3. The quantitative estimate of drug-likeness (QED) is 0.837. The van der Waals surface area contributed by atoms with Crippen LogP contribution in [0.4, 0.5) is 13.2 Å². The van der Waals surface area contributed by atoms with Crippen LogP contribution in [-0.4, -0.2) is 18.0 Å². The fourth-order valence-electron chi connectivity index (χ4n) is 1.17. The largest absolute Gasteiger partial charge is 0.451 e. The van der Waals surface area contributed by atoms with Gasteiger partial charge < -0.3 is 5.73 Å². The number of alkyl halides is 3. The second-order valence-corrected chi connectivity index (χ2v) is 3.16. The van der Waals surface area contributed by atoms with Gasteiger partial charge in [0.1, 0.15) is 0 Å². The molecule has 0 aliphatic rings. The molecule has 0 aromatic heterocycles. The summed E-state index contributed by atoms with van der Waals surface area (Å²) >= 11 is 0. The number of halogens is 3. The smallest absolute Gasteiger partial charge is 0.321 e. The summed E-state index contributed by atoms with van der Waals surface area (Å²) in [4.78, 5) is 10.7. The molecule has 0 heterocycles. The van der Waals surface area contributed by atoms with Crippen LogP contribution < -0.4 is 5.73 Å². The van der Waals surface area contributed by atoms with E-state index in [0.717, 1.165) is 0 Å². The zero-order valence-corrected chi connectivity index (χ0v) is 7.79. The van der Waals surface area contributed by atoms with Crippen LogP contribution in [0.2, 0.25) is 0 Å². The standard InChI is InChI=1S/C10H10F3NO/c11-10(12,13)9(15)8(14)6-7-4-2-1-3-5-7/h1-5,8H,6,14H2/t8-/m0/s1.